The van der Waals surface area contributed by atoms with Crippen molar-refractivity contribution in [3.05, 3.63) is 65.9 Å². The highest BCUT2D eigenvalue weighted by Gasteiger charge is 2.32. The van der Waals surface area contributed by atoms with Gasteiger partial charge in [-0.15, -0.1) is 0 Å². The van der Waals surface area contributed by atoms with E-state index in [1.165, 1.54) is 0 Å². The van der Waals surface area contributed by atoms with Crippen LogP contribution in [0.1, 0.15) is 44.9 Å². The number of carbonyl (C=O) groups is 2. The molecule has 1 unspecified atom stereocenters. The summed E-state index contributed by atoms with van der Waals surface area (Å²) in [6.45, 7) is 7.71. The van der Waals surface area contributed by atoms with Gasteiger partial charge in [-0.25, -0.2) is 0 Å². The molecule has 2 aromatic carbocycles. The normalized spacial score (nSPS) is 11.9. The zero-order valence-corrected chi connectivity index (χ0v) is 19.9. The lowest BCUT2D eigenvalue weighted by molar-refractivity contribution is -0.137. The van der Waals surface area contributed by atoms with Crippen LogP contribution in [-0.2, 0) is 16.0 Å². The van der Waals surface area contributed by atoms with E-state index in [2.05, 4.69) is 22.1 Å². The highest BCUT2D eigenvalue weighted by molar-refractivity contribution is 5.97. The summed E-state index contributed by atoms with van der Waals surface area (Å²) in [4.78, 5) is 31.4. The predicted molar refractivity (Wildman–Crippen MR) is 131 cm³/mol. The van der Waals surface area contributed by atoms with Gasteiger partial charge < -0.3 is 19.9 Å². The zero-order valence-electron chi connectivity index (χ0n) is 19.9. The fraction of sp³-hybridized carbons (Fsp3) is 0.333. The molecule has 3 rings (SSSR count). The van der Waals surface area contributed by atoms with E-state index in [-0.39, 0.29) is 11.8 Å². The van der Waals surface area contributed by atoms with E-state index in [1.54, 1.807) is 31.1 Å². The van der Waals surface area contributed by atoms with E-state index in [0.717, 1.165) is 16.5 Å². The first-order valence-corrected chi connectivity index (χ1v) is 11.0. The van der Waals surface area contributed by atoms with Gasteiger partial charge in [0.15, 0.2) is 0 Å². The summed E-state index contributed by atoms with van der Waals surface area (Å²) in [5.74, 6) is 5.35. The third-order valence-electron chi connectivity index (χ3n) is 5.28. The number of benzene rings is 2. The van der Waals surface area contributed by atoms with Gasteiger partial charge in [-0.2, -0.15) is 0 Å². The monoisotopic (exact) mass is 445 g/mol. The van der Waals surface area contributed by atoms with Gasteiger partial charge in [0.2, 0.25) is 5.91 Å². The number of rotatable bonds is 7. The highest BCUT2D eigenvalue weighted by Crippen LogP contribution is 2.26. The second kappa shape index (κ2) is 10.3. The summed E-state index contributed by atoms with van der Waals surface area (Å²) < 4.78 is 5.27. The van der Waals surface area contributed by atoms with Crippen LogP contribution in [0.5, 0.6) is 5.75 Å². The van der Waals surface area contributed by atoms with Crippen LogP contribution in [0.2, 0.25) is 0 Å². The number of amides is 2. The molecular weight excluding hydrogens is 414 g/mol. The summed E-state index contributed by atoms with van der Waals surface area (Å²) in [6.07, 6.45) is 2.53. The number of nitrogens with one attached hydrogen (secondary N) is 2. The Morgan fingerprint density at radius 1 is 1.12 bits per heavy atom. The third kappa shape index (κ3) is 5.95. The van der Waals surface area contributed by atoms with Crippen LogP contribution in [0.25, 0.3) is 10.9 Å². The molecule has 2 amide bonds. The van der Waals surface area contributed by atoms with E-state index in [1.807, 2.05) is 63.4 Å². The van der Waals surface area contributed by atoms with Gasteiger partial charge >= 0.3 is 0 Å². The van der Waals surface area contributed by atoms with Crippen molar-refractivity contribution in [1.82, 2.24) is 15.2 Å². The maximum atomic E-state index is 13.4. The van der Waals surface area contributed by atoms with Gasteiger partial charge in [0.1, 0.15) is 11.8 Å². The molecule has 1 heterocycles. The lowest BCUT2D eigenvalue weighted by atomic mass is 10.0. The lowest BCUT2D eigenvalue weighted by Gasteiger charge is -2.32. The maximum absolute atomic E-state index is 13.4. The minimum atomic E-state index is -0.825. The molecule has 3 aromatic rings. The van der Waals surface area contributed by atoms with Crippen LogP contribution in [0, 0.1) is 11.8 Å². The molecule has 0 radical (unpaired) electrons. The van der Waals surface area contributed by atoms with Gasteiger partial charge in [0, 0.05) is 29.2 Å². The van der Waals surface area contributed by atoms with Crippen LogP contribution < -0.4 is 10.1 Å². The van der Waals surface area contributed by atoms with E-state index in [0.29, 0.717) is 24.3 Å². The molecule has 0 spiro atoms. The minimum absolute atomic E-state index is 0.252. The average molecular weight is 446 g/mol. The summed E-state index contributed by atoms with van der Waals surface area (Å²) >= 11 is 0. The molecule has 0 aliphatic rings. The van der Waals surface area contributed by atoms with Crippen molar-refractivity contribution in [1.29, 1.82) is 0 Å². The van der Waals surface area contributed by atoms with Crippen LogP contribution >= 0.6 is 0 Å². The van der Waals surface area contributed by atoms with Crippen LogP contribution in [0.4, 0.5) is 0 Å². The Morgan fingerprint density at radius 2 is 1.82 bits per heavy atom. The van der Waals surface area contributed by atoms with Crippen molar-refractivity contribution in [3.63, 3.8) is 0 Å². The lowest BCUT2D eigenvalue weighted by Crippen LogP contribution is -2.49. The Kier molecular flexibility index (Phi) is 7.44. The number of aromatic amines is 1. The van der Waals surface area contributed by atoms with E-state index >= 15 is 0 Å². The van der Waals surface area contributed by atoms with Crippen molar-refractivity contribution in [2.45, 2.75) is 45.7 Å². The van der Waals surface area contributed by atoms with E-state index < -0.39 is 11.6 Å². The quantitative estimate of drug-likeness (QED) is 0.535. The van der Waals surface area contributed by atoms with E-state index in [9.17, 15) is 9.59 Å². The molecule has 0 aliphatic carbocycles. The molecular formula is C27H31N3O3. The Bertz CT molecular complexity index is 1180. The number of nitrogens with zero attached hydrogens (tertiary/aromatic N) is 1. The Balaban J connectivity index is 1.99. The molecule has 0 saturated heterocycles. The number of carbonyl (C=O) groups excluding carboxylic acids is 2. The molecule has 1 aromatic heterocycles. The maximum Gasteiger partial charge on any atom is 0.299 e. The number of H-pyrrole nitrogens is 1. The third-order valence-corrected chi connectivity index (χ3v) is 5.28. The molecule has 6 nitrogen and oxygen atoms in total. The minimum Gasteiger partial charge on any atom is -0.497 e. The molecule has 1 atom stereocenters. The van der Waals surface area contributed by atoms with Crippen LogP contribution in [0.15, 0.2) is 54.7 Å². The predicted octanol–water partition coefficient (Wildman–Crippen LogP) is 4.23. The summed E-state index contributed by atoms with van der Waals surface area (Å²) in [7, 11) is 1.59. The molecule has 0 bridgehead atoms. The number of aromatic nitrogens is 1. The van der Waals surface area contributed by atoms with Gasteiger partial charge in [-0.3, -0.25) is 9.59 Å². The van der Waals surface area contributed by atoms with Gasteiger partial charge in [-0.05, 0) is 69.4 Å². The molecule has 33 heavy (non-hydrogen) atoms. The first kappa shape index (κ1) is 23.9. The number of hydrogen-bond donors (Lipinski definition) is 2. The average Bonchev–Trinajstić information content (AvgIpc) is 3.19. The summed E-state index contributed by atoms with van der Waals surface area (Å²) in [5.41, 5.74) is 2.36. The van der Waals surface area contributed by atoms with Crippen LogP contribution in [-0.4, -0.2) is 40.9 Å². The Morgan fingerprint density at radius 3 is 2.45 bits per heavy atom. The fourth-order valence-corrected chi connectivity index (χ4v) is 3.80. The summed E-state index contributed by atoms with van der Waals surface area (Å²) in [6, 6.07) is 14.4. The van der Waals surface area contributed by atoms with Gasteiger partial charge in [-0.1, -0.05) is 36.3 Å². The van der Waals surface area contributed by atoms with E-state index in [4.69, 9.17) is 4.74 Å². The summed E-state index contributed by atoms with van der Waals surface area (Å²) in [5, 5.41) is 4.13. The highest BCUT2D eigenvalue weighted by atomic mass is 16.5. The fourth-order valence-electron chi connectivity index (χ4n) is 3.80. The number of methoxy groups -OCH3 is 1. The second-order valence-corrected chi connectivity index (χ2v) is 8.90. The van der Waals surface area contributed by atoms with Gasteiger partial charge in [0.05, 0.1) is 7.11 Å². The Labute approximate surface area is 195 Å². The molecule has 6 heteroatoms. The molecule has 0 fully saturated rings. The van der Waals surface area contributed by atoms with Crippen molar-refractivity contribution in [3.8, 4) is 17.6 Å². The number of fused-ring (bicyclic) bond motifs is 1. The molecule has 0 aliphatic heterocycles. The van der Waals surface area contributed by atoms with Crippen molar-refractivity contribution in [2.24, 2.45) is 0 Å². The standard InChI is InChI=1S/C27H31N3O3/c1-6-9-24(31)30(17-16-20-18-28-23-11-8-7-10-22(20)23)25(26(32)29-27(2,3)4)19-12-14-21(33-5)15-13-19/h7-8,10-15,18,25,28H,16-17H2,1-5H3,(H,29,32). The van der Waals surface area contributed by atoms with Crippen LogP contribution in [0.3, 0.4) is 0 Å². The molecule has 0 saturated carbocycles. The number of ether oxygens (including phenoxy) is 1. The van der Waals surface area contributed by atoms with Crippen molar-refractivity contribution >= 4 is 22.7 Å². The SMILES string of the molecule is CC#CC(=O)N(CCc1c[nH]c2ccccc12)C(C(=O)NC(C)(C)C)c1ccc(OC)cc1. The largest absolute Gasteiger partial charge is 0.497 e. The zero-order chi connectivity index (χ0) is 24.0. The first-order chi connectivity index (χ1) is 15.7. The number of hydrogen-bond acceptors (Lipinski definition) is 3. The second-order valence-electron chi connectivity index (χ2n) is 8.90. The first-order valence-electron chi connectivity index (χ1n) is 11.0. The van der Waals surface area contributed by atoms with Crippen molar-refractivity contribution < 1.29 is 14.3 Å². The topological polar surface area (TPSA) is 74.4 Å². The Hall–Kier alpha value is -3.72. The molecule has 172 valence electrons. The van der Waals surface area contributed by atoms with Crippen molar-refractivity contribution in [2.75, 3.05) is 13.7 Å². The van der Waals surface area contributed by atoms with Gasteiger partial charge in [0.25, 0.3) is 5.91 Å². The smallest absolute Gasteiger partial charge is 0.299 e. The molecule has 2 N–H and O–H groups in total. The number of para-hydroxylation sites is 1.